The topological polar surface area (TPSA) is 97.8 Å². The zero-order chi connectivity index (χ0) is 21.8. The molecule has 8 nitrogen and oxygen atoms in total. The summed E-state index contributed by atoms with van der Waals surface area (Å²) in [6.45, 7) is -0.183. The Morgan fingerprint density at radius 1 is 1.10 bits per heavy atom. The Balaban J connectivity index is 1.53. The molecule has 1 aromatic heterocycles. The Morgan fingerprint density at radius 2 is 1.87 bits per heavy atom. The number of halogens is 1. The van der Waals surface area contributed by atoms with Gasteiger partial charge in [-0.05, 0) is 54.1 Å². The molecule has 4 rings (SSSR count). The van der Waals surface area contributed by atoms with Crippen LogP contribution in [0.2, 0.25) is 0 Å². The Hall–Kier alpha value is -3.66. The maximum Gasteiger partial charge on any atom is 0.266 e. The Labute approximate surface area is 178 Å². The quantitative estimate of drug-likeness (QED) is 0.603. The fourth-order valence-corrected chi connectivity index (χ4v) is 4.37. The lowest BCUT2D eigenvalue weighted by Crippen LogP contribution is -2.40. The normalized spacial score (nSPS) is 12.4. The van der Waals surface area contributed by atoms with Crippen molar-refractivity contribution in [3.63, 3.8) is 0 Å². The average molecular weight is 443 g/mol. The number of nitrogens with one attached hydrogen (secondary N) is 1. The van der Waals surface area contributed by atoms with E-state index in [0.717, 1.165) is 22.0 Å². The zero-order valence-corrected chi connectivity index (χ0v) is 17.0. The van der Waals surface area contributed by atoms with Gasteiger partial charge in [0.25, 0.3) is 10.0 Å². The summed E-state index contributed by atoms with van der Waals surface area (Å²) in [5.74, 6) is 0.156. The molecule has 0 atom stereocenters. The number of hydrogen-bond acceptors (Lipinski definition) is 6. The van der Waals surface area contributed by atoms with E-state index in [1.54, 1.807) is 18.2 Å². The molecule has 0 saturated carbocycles. The number of hydrogen-bond donors (Lipinski definition) is 1. The number of anilines is 1. The van der Waals surface area contributed by atoms with Crippen LogP contribution in [-0.2, 0) is 21.4 Å². The first kappa shape index (κ1) is 20.6. The smallest absolute Gasteiger partial charge is 0.266 e. The third kappa shape index (κ3) is 4.58. The SMILES string of the molecule is O=C(CN(c1ccc(F)cc1)S(=O)(=O)c1cccnc1)NCc1ccc2c(c1)OCO2. The average Bonchev–Trinajstić information content (AvgIpc) is 3.25. The maximum atomic E-state index is 13.4. The minimum Gasteiger partial charge on any atom is -0.454 e. The van der Waals surface area contributed by atoms with Crippen molar-refractivity contribution < 1.29 is 27.1 Å². The summed E-state index contributed by atoms with van der Waals surface area (Å²) in [4.78, 5) is 16.4. The molecule has 3 aromatic rings. The lowest BCUT2D eigenvalue weighted by molar-refractivity contribution is -0.119. The Morgan fingerprint density at radius 3 is 2.61 bits per heavy atom. The molecule has 1 aliphatic rings. The van der Waals surface area contributed by atoms with Gasteiger partial charge in [-0.15, -0.1) is 0 Å². The molecule has 0 aliphatic carbocycles. The zero-order valence-electron chi connectivity index (χ0n) is 16.2. The molecule has 1 aliphatic heterocycles. The highest BCUT2D eigenvalue weighted by atomic mass is 32.2. The van der Waals surface area contributed by atoms with E-state index in [2.05, 4.69) is 10.3 Å². The van der Waals surface area contributed by atoms with Gasteiger partial charge in [-0.1, -0.05) is 6.07 Å². The summed E-state index contributed by atoms with van der Waals surface area (Å²) in [6, 6.07) is 13.0. The number of benzene rings is 2. The first-order valence-electron chi connectivity index (χ1n) is 9.27. The van der Waals surface area contributed by atoms with Gasteiger partial charge in [0, 0.05) is 18.9 Å². The van der Waals surface area contributed by atoms with Crippen molar-refractivity contribution in [2.45, 2.75) is 11.4 Å². The molecular weight excluding hydrogens is 425 g/mol. The van der Waals surface area contributed by atoms with Crippen LogP contribution in [0.15, 0.2) is 71.9 Å². The van der Waals surface area contributed by atoms with Gasteiger partial charge in [0.1, 0.15) is 17.3 Å². The molecule has 0 bridgehead atoms. The molecule has 10 heteroatoms. The van der Waals surface area contributed by atoms with Crippen molar-refractivity contribution in [2.24, 2.45) is 0 Å². The van der Waals surface area contributed by atoms with E-state index in [1.807, 2.05) is 0 Å². The number of carbonyl (C=O) groups excluding carboxylic acids is 1. The lowest BCUT2D eigenvalue weighted by Gasteiger charge is -2.24. The maximum absolute atomic E-state index is 13.4. The predicted octanol–water partition coefficient (Wildman–Crippen LogP) is 2.46. The molecule has 0 radical (unpaired) electrons. The van der Waals surface area contributed by atoms with Crippen LogP contribution in [0.4, 0.5) is 10.1 Å². The van der Waals surface area contributed by atoms with Crippen LogP contribution < -0.4 is 19.1 Å². The largest absolute Gasteiger partial charge is 0.454 e. The van der Waals surface area contributed by atoms with Gasteiger partial charge in [-0.25, -0.2) is 12.8 Å². The van der Waals surface area contributed by atoms with Crippen LogP contribution in [0.5, 0.6) is 11.5 Å². The van der Waals surface area contributed by atoms with E-state index in [0.29, 0.717) is 11.5 Å². The molecule has 1 N–H and O–H groups in total. The summed E-state index contributed by atoms with van der Waals surface area (Å²) < 4.78 is 51.1. The highest BCUT2D eigenvalue weighted by Crippen LogP contribution is 2.32. The molecular formula is C21H18FN3O5S. The molecule has 31 heavy (non-hydrogen) atoms. The van der Waals surface area contributed by atoms with E-state index in [4.69, 9.17) is 9.47 Å². The second-order valence-electron chi connectivity index (χ2n) is 6.64. The number of pyridine rings is 1. The third-order valence-electron chi connectivity index (χ3n) is 4.55. The summed E-state index contributed by atoms with van der Waals surface area (Å²) in [6.07, 6.45) is 2.63. The van der Waals surface area contributed by atoms with Crippen LogP contribution >= 0.6 is 0 Å². The number of ether oxygens (including phenoxy) is 2. The van der Waals surface area contributed by atoms with E-state index in [-0.39, 0.29) is 23.9 Å². The number of carbonyl (C=O) groups is 1. The number of amides is 1. The van der Waals surface area contributed by atoms with Gasteiger partial charge >= 0.3 is 0 Å². The first-order chi connectivity index (χ1) is 14.9. The van der Waals surface area contributed by atoms with Crippen molar-refractivity contribution in [3.05, 3.63) is 78.4 Å². The van der Waals surface area contributed by atoms with E-state index in [9.17, 15) is 17.6 Å². The molecule has 2 aromatic carbocycles. The van der Waals surface area contributed by atoms with Crippen LogP contribution in [0.3, 0.4) is 0 Å². The highest BCUT2D eigenvalue weighted by molar-refractivity contribution is 7.92. The van der Waals surface area contributed by atoms with E-state index < -0.39 is 28.3 Å². The minimum atomic E-state index is -4.10. The monoisotopic (exact) mass is 443 g/mol. The van der Waals surface area contributed by atoms with Gasteiger partial charge in [0.15, 0.2) is 11.5 Å². The van der Waals surface area contributed by atoms with Crippen molar-refractivity contribution in [2.75, 3.05) is 17.6 Å². The fourth-order valence-electron chi connectivity index (χ4n) is 2.99. The van der Waals surface area contributed by atoms with E-state index >= 15 is 0 Å². The third-order valence-corrected chi connectivity index (χ3v) is 6.31. The van der Waals surface area contributed by atoms with Gasteiger partial charge < -0.3 is 14.8 Å². The van der Waals surface area contributed by atoms with Gasteiger partial charge in [-0.3, -0.25) is 14.1 Å². The number of rotatable bonds is 7. The molecule has 0 saturated heterocycles. The summed E-state index contributed by atoms with van der Waals surface area (Å²) in [7, 11) is -4.10. The molecule has 0 spiro atoms. The molecule has 1 amide bonds. The minimum absolute atomic E-state index is 0.0807. The van der Waals surface area contributed by atoms with Gasteiger partial charge in [0.05, 0.1) is 5.69 Å². The second-order valence-corrected chi connectivity index (χ2v) is 8.50. The van der Waals surface area contributed by atoms with Crippen molar-refractivity contribution in [3.8, 4) is 11.5 Å². The second kappa shape index (κ2) is 8.60. The van der Waals surface area contributed by atoms with Gasteiger partial charge in [-0.2, -0.15) is 0 Å². The molecule has 0 unspecified atom stereocenters. The fraction of sp³-hybridized carbons (Fsp3) is 0.143. The number of aromatic nitrogens is 1. The highest BCUT2D eigenvalue weighted by Gasteiger charge is 2.27. The molecule has 160 valence electrons. The van der Waals surface area contributed by atoms with Crippen molar-refractivity contribution in [1.82, 2.24) is 10.3 Å². The van der Waals surface area contributed by atoms with Gasteiger partial charge in [0.2, 0.25) is 12.7 Å². The van der Waals surface area contributed by atoms with Crippen LogP contribution in [0, 0.1) is 5.82 Å². The number of nitrogens with zero attached hydrogens (tertiary/aromatic N) is 2. The number of sulfonamides is 1. The lowest BCUT2D eigenvalue weighted by atomic mass is 10.2. The van der Waals surface area contributed by atoms with Crippen molar-refractivity contribution >= 4 is 21.6 Å². The number of fused-ring (bicyclic) bond motifs is 1. The molecule has 0 fully saturated rings. The predicted molar refractivity (Wildman–Crippen MR) is 110 cm³/mol. The Kier molecular flexibility index (Phi) is 5.72. The summed E-state index contributed by atoms with van der Waals surface area (Å²) in [5, 5.41) is 2.69. The molecule has 2 heterocycles. The van der Waals surface area contributed by atoms with Crippen molar-refractivity contribution in [1.29, 1.82) is 0 Å². The summed E-state index contributed by atoms with van der Waals surface area (Å²) in [5.41, 5.74) is 0.921. The van der Waals surface area contributed by atoms with Crippen LogP contribution in [0.1, 0.15) is 5.56 Å². The summed E-state index contributed by atoms with van der Waals surface area (Å²) >= 11 is 0. The van der Waals surface area contributed by atoms with Crippen LogP contribution in [-0.4, -0.2) is 32.6 Å². The van der Waals surface area contributed by atoms with E-state index in [1.165, 1.54) is 36.7 Å². The first-order valence-corrected chi connectivity index (χ1v) is 10.7. The standard InChI is InChI=1S/C21H18FN3O5S/c22-16-4-6-17(7-5-16)25(31(27,28)18-2-1-9-23-12-18)13-21(26)24-11-15-3-8-19-20(10-15)30-14-29-19/h1-10,12H,11,13-14H2,(H,24,26). The van der Waals surface area contributed by atoms with Crippen LogP contribution in [0.25, 0.3) is 0 Å². The Bertz CT molecular complexity index is 1190.